The molecule has 2 aliphatic rings. The van der Waals surface area contributed by atoms with Gasteiger partial charge in [-0.25, -0.2) is 4.18 Å². The predicted octanol–water partition coefficient (Wildman–Crippen LogP) is -2.86. The SMILES string of the molecule is CO[C@@H]1O[C@@H](C)[C@@H](OS(=O)(=O)O)[C@@H](O)[C@@H]1O[C@@H]1O[C@@H](C)[C@@H](O)[C@@H](O)[C@@H]1O. The van der Waals surface area contributed by atoms with Crippen molar-refractivity contribution in [3.8, 4) is 0 Å². The molecule has 0 aromatic heterocycles. The molecule has 2 fully saturated rings. The highest BCUT2D eigenvalue weighted by Gasteiger charge is 2.51. The Morgan fingerprint density at radius 1 is 0.808 bits per heavy atom. The van der Waals surface area contributed by atoms with Crippen LogP contribution in [0.15, 0.2) is 0 Å². The van der Waals surface area contributed by atoms with Crippen molar-refractivity contribution in [2.75, 3.05) is 7.11 Å². The number of hydrogen-bond acceptors (Lipinski definition) is 11. The van der Waals surface area contributed by atoms with Crippen molar-refractivity contribution in [2.45, 2.75) is 75.3 Å². The van der Waals surface area contributed by atoms with Gasteiger partial charge in [-0.1, -0.05) is 0 Å². The molecule has 0 aliphatic carbocycles. The minimum Gasteiger partial charge on any atom is -0.388 e. The van der Waals surface area contributed by atoms with E-state index in [9.17, 15) is 28.8 Å². The highest BCUT2D eigenvalue weighted by atomic mass is 32.3. The summed E-state index contributed by atoms with van der Waals surface area (Å²) in [4.78, 5) is 0. The van der Waals surface area contributed by atoms with Gasteiger partial charge < -0.3 is 39.4 Å². The van der Waals surface area contributed by atoms with Gasteiger partial charge in [0, 0.05) is 7.11 Å². The van der Waals surface area contributed by atoms with Gasteiger partial charge in [-0.05, 0) is 13.8 Å². The van der Waals surface area contributed by atoms with Gasteiger partial charge in [-0.15, -0.1) is 0 Å². The molecule has 2 aliphatic heterocycles. The van der Waals surface area contributed by atoms with Crippen molar-refractivity contribution in [1.82, 2.24) is 0 Å². The van der Waals surface area contributed by atoms with E-state index in [2.05, 4.69) is 4.18 Å². The van der Waals surface area contributed by atoms with Gasteiger partial charge in [0.15, 0.2) is 12.6 Å². The van der Waals surface area contributed by atoms with Crippen LogP contribution in [0.3, 0.4) is 0 Å². The lowest BCUT2D eigenvalue weighted by Crippen LogP contribution is -2.63. The fraction of sp³-hybridized carbons (Fsp3) is 1.00. The summed E-state index contributed by atoms with van der Waals surface area (Å²) < 4.78 is 56.4. The van der Waals surface area contributed by atoms with E-state index in [1.54, 1.807) is 0 Å². The Kier molecular flexibility index (Phi) is 6.96. The summed E-state index contributed by atoms with van der Waals surface area (Å²) in [6.07, 6.45) is -13.8. The monoisotopic (exact) mass is 404 g/mol. The van der Waals surface area contributed by atoms with Crippen molar-refractivity contribution in [1.29, 1.82) is 0 Å². The molecule has 0 saturated carbocycles. The summed E-state index contributed by atoms with van der Waals surface area (Å²) in [5.74, 6) is 0. The summed E-state index contributed by atoms with van der Waals surface area (Å²) in [7, 11) is -3.66. The van der Waals surface area contributed by atoms with Gasteiger partial charge in [0.1, 0.15) is 36.6 Å². The molecule has 0 aromatic rings. The van der Waals surface area contributed by atoms with Gasteiger partial charge >= 0.3 is 10.4 Å². The summed E-state index contributed by atoms with van der Waals surface area (Å²) in [5, 5.41) is 40.0. The molecule has 2 saturated heterocycles. The molecule has 13 heteroatoms. The maximum atomic E-state index is 11.0. The number of hydrogen-bond donors (Lipinski definition) is 5. The Morgan fingerprint density at radius 3 is 1.92 bits per heavy atom. The second-order valence-corrected chi connectivity index (χ2v) is 7.25. The number of aliphatic hydroxyl groups is 4. The van der Waals surface area contributed by atoms with Crippen LogP contribution in [0.4, 0.5) is 0 Å². The molecule has 2 rings (SSSR count). The zero-order valence-electron chi connectivity index (χ0n) is 14.3. The van der Waals surface area contributed by atoms with Gasteiger partial charge in [0.05, 0.1) is 12.2 Å². The van der Waals surface area contributed by atoms with E-state index in [1.807, 2.05) is 0 Å². The predicted molar refractivity (Wildman–Crippen MR) is 81.0 cm³/mol. The molecule has 0 aromatic carbocycles. The maximum absolute atomic E-state index is 11.0. The van der Waals surface area contributed by atoms with Crippen LogP contribution in [0.25, 0.3) is 0 Å². The average molecular weight is 404 g/mol. The number of aliphatic hydroxyl groups excluding tert-OH is 4. The smallest absolute Gasteiger partial charge is 0.388 e. The molecule has 2 heterocycles. The number of rotatable bonds is 5. The zero-order valence-corrected chi connectivity index (χ0v) is 15.1. The quantitative estimate of drug-likeness (QED) is 0.296. The van der Waals surface area contributed by atoms with Crippen LogP contribution < -0.4 is 0 Å². The summed E-state index contributed by atoms with van der Waals surface area (Å²) >= 11 is 0. The van der Waals surface area contributed by atoms with Crippen LogP contribution in [0.1, 0.15) is 13.8 Å². The Morgan fingerprint density at radius 2 is 1.38 bits per heavy atom. The number of methoxy groups -OCH3 is 1. The van der Waals surface area contributed by atoms with Gasteiger partial charge in [-0.3, -0.25) is 4.55 Å². The highest BCUT2D eigenvalue weighted by molar-refractivity contribution is 7.80. The van der Waals surface area contributed by atoms with E-state index in [0.717, 1.165) is 0 Å². The molecular weight excluding hydrogens is 380 g/mol. The Hall–Kier alpha value is -0.450. The normalized spacial score (nSPS) is 47.7. The van der Waals surface area contributed by atoms with Gasteiger partial charge in [0.25, 0.3) is 0 Å². The van der Waals surface area contributed by atoms with Crippen molar-refractivity contribution < 1.29 is 56.5 Å². The Bertz CT molecular complexity index is 569. The van der Waals surface area contributed by atoms with E-state index < -0.39 is 71.8 Å². The van der Waals surface area contributed by atoms with Gasteiger partial charge in [-0.2, -0.15) is 8.42 Å². The van der Waals surface area contributed by atoms with Crippen molar-refractivity contribution in [3.63, 3.8) is 0 Å². The van der Waals surface area contributed by atoms with E-state index in [-0.39, 0.29) is 0 Å². The van der Waals surface area contributed by atoms with E-state index >= 15 is 0 Å². The van der Waals surface area contributed by atoms with Crippen LogP contribution in [0, 0.1) is 0 Å². The summed E-state index contributed by atoms with van der Waals surface area (Å²) in [5.41, 5.74) is 0. The first kappa shape index (κ1) is 21.8. The molecule has 0 unspecified atom stereocenters. The second-order valence-electron chi connectivity index (χ2n) is 6.21. The van der Waals surface area contributed by atoms with Crippen LogP contribution in [0.2, 0.25) is 0 Å². The van der Waals surface area contributed by atoms with E-state index in [4.69, 9.17) is 23.5 Å². The third-order valence-corrected chi connectivity index (χ3v) is 4.78. The lowest BCUT2D eigenvalue weighted by Gasteiger charge is -2.45. The van der Waals surface area contributed by atoms with E-state index in [1.165, 1.54) is 21.0 Å². The van der Waals surface area contributed by atoms with Crippen LogP contribution in [-0.2, 0) is 33.5 Å². The molecule has 12 nitrogen and oxygen atoms in total. The van der Waals surface area contributed by atoms with Crippen molar-refractivity contribution in [2.24, 2.45) is 0 Å². The lowest BCUT2D eigenvalue weighted by atomic mass is 9.98. The second kappa shape index (κ2) is 8.28. The fourth-order valence-electron chi connectivity index (χ4n) is 2.88. The lowest BCUT2D eigenvalue weighted by molar-refractivity contribution is -0.357. The maximum Gasteiger partial charge on any atom is 0.397 e. The van der Waals surface area contributed by atoms with Crippen LogP contribution in [0.5, 0.6) is 0 Å². The van der Waals surface area contributed by atoms with Crippen LogP contribution in [-0.4, -0.2) is 102 Å². The Labute approximate surface area is 150 Å². The first-order valence-electron chi connectivity index (χ1n) is 7.83. The largest absolute Gasteiger partial charge is 0.397 e. The first-order chi connectivity index (χ1) is 12.0. The molecule has 5 N–H and O–H groups in total. The summed E-state index contributed by atoms with van der Waals surface area (Å²) in [6, 6.07) is 0. The van der Waals surface area contributed by atoms with Crippen molar-refractivity contribution >= 4 is 10.4 Å². The molecule has 0 spiro atoms. The molecule has 0 amide bonds. The molecule has 0 radical (unpaired) electrons. The zero-order chi connectivity index (χ0) is 19.8. The molecular formula is C13H24O12S. The van der Waals surface area contributed by atoms with E-state index in [0.29, 0.717) is 0 Å². The summed E-state index contributed by atoms with van der Waals surface area (Å²) in [6.45, 7) is 2.82. The highest BCUT2D eigenvalue weighted by Crippen LogP contribution is 2.30. The Balaban J connectivity index is 2.18. The van der Waals surface area contributed by atoms with Gasteiger partial charge in [0.2, 0.25) is 0 Å². The molecule has 154 valence electrons. The van der Waals surface area contributed by atoms with Crippen molar-refractivity contribution in [3.05, 3.63) is 0 Å². The first-order valence-corrected chi connectivity index (χ1v) is 9.20. The van der Waals surface area contributed by atoms with Crippen LogP contribution >= 0.6 is 0 Å². The minimum atomic E-state index is -4.90. The third kappa shape index (κ3) is 4.69. The average Bonchev–Trinajstić information content (AvgIpc) is 2.55. The number of ether oxygens (including phenoxy) is 4. The molecule has 0 bridgehead atoms. The molecule has 10 atom stereocenters. The standard InChI is InChI=1S/C13H24O12S/c1-4-6(14)7(15)8(16)12(22-4)24-11-9(17)10(25-26(18,19)20)5(2)23-13(11)21-3/h4-17H,1-3H3,(H,18,19,20)/t4-,5-,6+,7+,8-,9+,10+,11-,12-,13+/m0/s1. The topological polar surface area (TPSA) is 181 Å². The third-order valence-electron chi connectivity index (χ3n) is 4.32. The fourth-order valence-corrected chi connectivity index (χ4v) is 3.43. The minimum absolute atomic E-state index is 0.898. The molecule has 26 heavy (non-hydrogen) atoms.